The zero-order chi connectivity index (χ0) is 21.7. The van der Waals surface area contributed by atoms with Crippen LogP contribution in [0.5, 0.6) is 0 Å². The lowest BCUT2D eigenvalue weighted by Crippen LogP contribution is -2.25. The van der Waals surface area contributed by atoms with Gasteiger partial charge in [0.2, 0.25) is 5.91 Å². The summed E-state index contributed by atoms with van der Waals surface area (Å²) in [6.45, 7) is 0.0600. The van der Waals surface area contributed by atoms with E-state index in [1.165, 1.54) is 30.0 Å². The Morgan fingerprint density at radius 3 is 2.53 bits per heavy atom. The molecule has 7 nitrogen and oxygen atoms in total. The van der Waals surface area contributed by atoms with Crippen LogP contribution in [0.1, 0.15) is 16.2 Å². The number of hydrogen-bond acceptors (Lipinski definition) is 5. The summed E-state index contributed by atoms with van der Waals surface area (Å²) >= 11 is 13.0. The maximum absolute atomic E-state index is 13.7. The lowest BCUT2D eigenvalue weighted by Gasteiger charge is -2.07. The number of amides is 2. The van der Waals surface area contributed by atoms with Crippen molar-refractivity contribution in [2.45, 2.75) is 11.7 Å². The van der Waals surface area contributed by atoms with Gasteiger partial charge in [0.05, 0.1) is 17.9 Å². The van der Waals surface area contributed by atoms with Gasteiger partial charge in [0.15, 0.2) is 11.0 Å². The fraction of sp³-hybridized carbons (Fsp3) is 0.158. The Kier molecular flexibility index (Phi) is 7.30. The van der Waals surface area contributed by atoms with Crippen LogP contribution in [0.4, 0.5) is 10.1 Å². The predicted molar refractivity (Wildman–Crippen MR) is 114 cm³/mol. The van der Waals surface area contributed by atoms with Crippen molar-refractivity contribution in [2.24, 2.45) is 7.05 Å². The summed E-state index contributed by atoms with van der Waals surface area (Å²) in [5, 5.41) is 14.7. The molecule has 0 spiro atoms. The number of nitrogens with one attached hydrogen (secondary N) is 2. The molecule has 1 aromatic heterocycles. The van der Waals surface area contributed by atoms with Crippen molar-refractivity contribution >= 4 is 52.5 Å². The first-order chi connectivity index (χ1) is 14.3. The summed E-state index contributed by atoms with van der Waals surface area (Å²) in [6.07, 6.45) is 0. The summed E-state index contributed by atoms with van der Waals surface area (Å²) in [7, 11) is 1.71. The van der Waals surface area contributed by atoms with E-state index in [0.29, 0.717) is 26.7 Å². The molecule has 0 saturated heterocycles. The second-order valence-electron chi connectivity index (χ2n) is 6.12. The number of carbonyl (C=O) groups is 2. The van der Waals surface area contributed by atoms with E-state index in [4.69, 9.17) is 23.2 Å². The zero-order valence-corrected chi connectivity index (χ0v) is 18.0. The van der Waals surface area contributed by atoms with Gasteiger partial charge in [-0.2, -0.15) is 0 Å². The predicted octanol–water partition coefficient (Wildman–Crippen LogP) is 3.92. The van der Waals surface area contributed by atoms with E-state index in [0.717, 1.165) is 0 Å². The van der Waals surface area contributed by atoms with Crippen molar-refractivity contribution in [3.05, 3.63) is 69.7 Å². The lowest BCUT2D eigenvalue weighted by molar-refractivity contribution is -0.113. The van der Waals surface area contributed by atoms with Crippen LogP contribution in [-0.4, -0.2) is 32.3 Å². The highest BCUT2D eigenvalue weighted by Crippen LogP contribution is 2.23. The van der Waals surface area contributed by atoms with Gasteiger partial charge in [-0.15, -0.1) is 10.2 Å². The summed E-state index contributed by atoms with van der Waals surface area (Å²) < 4.78 is 15.3. The smallest absolute Gasteiger partial charge is 0.254 e. The second-order valence-corrected chi connectivity index (χ2v) is 7.93. The summed E-state index contributed by atoms with van der Waals surface area (Å²) in [5.41, 5.74) is 0.444. The Morgan fingerprint density at radius 1 is 1.13 bits per heavy atom. The number of rotatable bonds is 7. The van der Waals surface area contributed by atoms with Gasteiger partial charge in [0, 0.05) is 22.8 Å². The van der Waals surface area contributed by atoms with Gasteiger partial charge in [-0.1, -0.05) is 47.1 Å². The molecule has 30 heavy (non-hydrogen) atoms. The molecule has 2 aromatic carbocycles. The van der Waals surface area contributed by atoms with Crippen LogP contribution in [0.25, 0.3) is 0 Å². The first-order valence-corrected chi connectivity index (χ1v) is 10.4. The standard InChI is InChI=1S/C19H16Cl2FN5O2S/c1-27-16(9-23-18(29)14-4-2-3-5-15(14)22)25-26-19(27)30-10-17(28)24-13-7-11(20)6-12(21)8-13/h2-8H,9-10H2,1H3,(H,23,29)(H,24,28). The van der Waals surface area contributed by atoms with Crippen molar-refractivity contribution in [1.82, 2.24) is 20.1 Å². The molecule has 3 aromatic rings. The maximum atomic E-state index is 13.7. The van der Waals surface area contributed by atoms with Gasteiger partial charge in [0.1, 0.15) is 5.82 Å². The van der Waals surface area contributed by atoms with E-state index >= 15 is 0 Å². The van der Waals surface area contributed by atoms with Crippen LogP contribution in [0.3, 0.4) is 0 Å². The molecule has 0 aliphatic heterocycles. The molecule has 0 saturated carbocycles. The van der Waals surface area contributed by atoms with Crippen molar-refractivity contribution in [3.63, 3.8) is 0 Å². The molecule has 1 heterocycles. The molecule has 3 rings (SSSR count). The number of thioether (sulfide) groups is 1. The largest absolute Gasteiger partial charge is 0.345 e. The Labute approximate surface area is 186 Å². The van der Waals surface area contributed by atoms with Gasteiger partial charge in [-0.3, -0.25) is 9.59 Å². The monoisotopic (exact) mass is 467 g/mol. The number of benzene rings is 2. The van der Waals surface area contributed by atoms with Crippen molar-refractivity contribution in [2.75, 3.05) is 11.1 Å². The molecule has 156 valence electrons. The van der Waals surface area contributed by atoms with Crippen LogP contribution in [0.2, 0.25) is 10.0 Å². The van der Waals surface area contributed by atoms with Crippen LogP contribution in [0, 0.1) is 5.82 Å². The minimum atomic E-state index is -0.601. The lowest BCUT2D eigenvalue weighted by atomic mass is 10.2. The molecule has 0 atom stereocenters. The fourth-order valence-corrected chi connectivity index (χ4v) is 3.73. The molecule has 0 aliphatic carbocycles. The molecular formula is C19H16Cl2FN5O2S. The number of aromatic nitrogens is 3. The number of halogens is 3. The molecule has 0 radical (unpaired) electrons. The van der Waals surface area contributed by atoms with E-state index < -0.39 is 11.7 Å². The van der Waals surface area contributed by atoms with Gasteiger partial charge in [0.25, 0.3) is 5.91 Å². The van der Waals surface area contributed by atoms with Crippen molar-refractivity contribution < 1.29 is 14.0 Å². The molecule has 0 aliphatic rings. The Hall–Kier alpha value is -2.62. The fourth-order valence-electron chi connectivity index (χ4n) is 2.48. The first-order valence-electron chi connectivity index (χ1n) is 8.63. The average molecular weight is 468 g/mol. The van der Waals surface area contributed by atoms with E-state index in [1.807, 2.05) is 0 Å². The third kappa shape index (κ3) is 5.71. The molecule has 2 N–H and O–H groups in total. The third-order valence-corrected chi connectivity index (χ3v) is 5.39. The summed E-state index contributed by atoms with van der Waals surface area (Å²) in [5.74, 6) is -0.876. The average Bonchev–Trinajstić information content (AvgIpc) is 3.03. The number of anilines is 1. The number of hydrogen-bond donors (Lipinski definition) is 2. The minimum Gasteiger partial charge on any atom is -0.345 e. The highest BCUT2D eigenvalue weighted by molar-refractivity contribution is 7.99. The van der Waals surface area contributed by atoms with Crippen LogP contribution >= 0.6 is 35.0 Å². The number of nitrogens with zero attached hydrogens (tertiary/aromatic N) is 3. The molecule has 0 fully saturated rings. The van der Waals surface area contributed by atoms with Gasteiger partial charge < -0.3 is 15.2 Å². The molecular weight excluding hydrogens is 452 g/mol. The van der Waals surface area contributed by atoms with Gasteiger partial charge in [-0.25, -0.2) is 4.39 Å². The molecule has 2 amide bonds. The normalized spacial score (nSPS) is 10.7. The van der Waals surface area contributed by atoms with E-state index in [9.17, 15) is 14.0 Å². The Balaban J connectivity index is 1.54. The Bertz CT molecular complexity index is 1070. The van der Waals surface area contributed by atoms with Gasteiger partial charge in [-0.05, 0) is 30.3 Å². The van der Waals surface area contributed by atoms with E-state index in [-0.39, 0.29) is 23.8 Å². The Morgan fingerprint density at radius 2 is 1.83 bits per heavy atom. The van der Waals surface area contributed by atoms with Gasteiger partial charge >= 0.3 is 0 Å². The third-order valence-electron chi connectivity index (χ3n) is 3.93. The van der Waals surface area contributed by atoms with Crippen LogP contribution < -0.4 is 10.6 Å². The van der Waals surface area contributed by atoms with Crippen LogP contribution in [-0.2, 0) is 18.4 Å². The second kappa shape index (κ2) is 9.92. The first kappa shape index (κ1) is 22.1. The van der Waals surface area contributed by atoms with Crippen molar-refractivity contribution in [3.8, 4) is 0 Å². The highest BCUT2D eigenvalue weighted by Gasteiger charge is 2.15. The van der Waals surface area contributed by atoms with Crippen molar-refractivity contribution in [1.29, 1.82) is 0 Å². The highest BCUT2D eigenvalue weighted by atomic mass is 35.5. The topological polar surface area (TPSA) is 88.9 Å². The zero-order valence-electron chi connectivity index (χ0n) is 15.7. The van der Waals surface area contributed by atoms with Crippen LogP contribution in [0.15, 0.2) is 47.6 Å². The maximum Gasteiger partial charge on any atom is 0.254 e. The van der Waals surface area contributed by atoms with E-state index in [1.54, 1.807) is 35.9 Å². The SMILES string of the molecule is Cn1c(CNC(=O)c2ccccc2F)nnc1SCC(=O)Nc1cc(Cl)cc(Cl)c1. The summed E-state index contributed by atoms with van der Waals surface area (Å²) in [4.78, 5) is 24.3. The van der Waals surface area contributed by atoms with E-state index in [2.05, 4.69) is 20.8 Å². The minimum absolute atomic E-state index is 0.0490. The molecule has 11 heteroatoms. The summed E-state index contributed by atoms with van der Waals surface area (Å²) in [6, 6.07) is 10.5. The quantitative estimate of drug-likeness (QED) is 0.514. The molecule has 0 unspecified atom stereocenters. The number of carbonyl (C=O) groups excluding carboxylic acids is 2. The molecule has 0 bridgehead atoms.